The number of carbonyl (C=O) groups is 1. The molecule has 4 unspecified atom stereocenters. The van der Waals surface area contributed by atoms with E-state index >= 15 is 0 Å². The molecule has 3 saturated carbocycles. The Morgan fingerprint density at radius 3 is 2.74 bits per heavy atom. The molecule has 3 aliphatic carbocycles. The van der Waals surface area contributed by atoms with E-state index < -0.39 is 0 Å². The molecule has 7 rings (SSSR count). The maximum Gasteiger partial charge on any atom is 0.299 e. The molecule has 1 aromatic heterocycles. The molecule has 0 radical (unpaired) electrons. The molecule has 3 aromatic rings. The first kappa shape index (κ1) is 25.0. The summed E-state index contributed by atoms with van der Waals surface area (Å²) >= 11 is 0. The Morgan fingerprint density at radius 2 is 1.97 bits per heavy atom. The number of amides is 1. The van der Waals surface area contributed by atoms with Crippen LogP contribution in [0, 0.1) is 29.6 Å². The van der Waals surface area contributed by atoms with Crippen molar-refractivity contribution in [3.05, 3.63) is 70.9 Å². The normalized spacial score (nSPS) is 32.5. The number of nitrogens with zero attached hydrogens (tertiary/aromatic N) is 1. The predicted octanol–water partition coefficient (Wildman–Crippen LogP) is 6.89. The molecule has 1 spiro atoms. The Kier molecular flexibility index (Phi) is 5.94. The zero-order valence-corrected chi connectivity index (χ0v) is 23.4. The molecular formula is C35H41N3O. The van der Waals surface area contributed by atoms with Gasteiger partial charge in [0, 0.05) is 34.7 Å². The quantitative estimate of drug-likeness (QED) is 0.334. The first-order valence-corrected chi connectivity index (χ1v) is 15.1. The van der Waals surface area contributed by atoms with Crippen LogP contribution in [0.1, 0.15) is 93.6 Å². The Balaban J connectivity index is 1.18. The van der Waals surface area contributed by atoms with Crippen molar-refractivity contribution in [1.29, 1.82) is 0 Å². The number of benzene rings is 2. The molecule has 4 nitrogen and oxygen atoms in total. The van der Waals surface area contributed by atoms with Crippen LogP contribution >= 0.6 is 0 Å². The monoisotopic (exact) mass is 519 g/mol. The van der Waals surface area contributed by atoms with Gasteiger partial charge in [0.25, 0.3) is 5.91 Å². The average molecular weight is 520 g/mol. The number of nitrogens with one attached hydrogen (secondary N) is 2. The molecule has 0 saturated heterocycles. The van der Waals surface area contributed by atoms with Crippen molar-refractivity contribution in [2.24, 2.45) is 17.3 Å². The highest BCUT2D eigenvalue weighted by Crippen LogP contribution is 2.72. The van der Waals surface area contributed by atoms with Crippen LogP contribution in [-0.2, 0) is 17.8 Å². The SMILES string of the molecule is C#CC(=O)N1[C@@H](CCCC)Cc2c([nH]c3ccccc23)[C@@H]1c1ccc(CNC2(C)CC3CC4CC4(C3)C2)cc1. The number of aromatic nitrogens is 1. The summed E-state index contributed by atoms with van der Waals surface area (Å²) < 4.78 is 0. The van der Waals surface area contributed by atoms with Gasteiger partial charge in [-0.3, -0.25) is 4.79 Å². The second kappa shape index (κ2) is 9.27. The molecule has 2 bridgehead atoms. The van der Waals surface area contributed by atoms with Gasteiger partial charge in [-0.1, -0.05) is 62.2 Å². The van der Waals surface area contributed by atoms with Crippen molar-refractivity contribution in [2.45, 2.75) is 95.8 Å². The minimum Gasteiger partial charge on any atom is -0.356 e. The van der Waals surface area contributed by atoms with Crippen molar-refractivity contribution >= 4 is 16.8 Å². The van der Waals surface area contributed by atoms with Gasteiger partial charge in [-0.2, -0.15) is 0 Å². The van der Waals surface area contributed by atoms with Crippen LogP contribution in [0.25, 0.3) is 10.9 Å². The third-order valence-corrected chi connectivity index (χ3v) is 10.6. The molecule has 1 amide bonds. The van der Waals surface area contributed by atoms with E-state index in [0.29, 0.717) is 5.41 Å². The van der Waals surface area contributed by atoms with Gasteiger partial charge in [-0.05, 0) is 97.8 Å². The van der Waals surface area contributed by atoms with E-state index in [1.54, 1.807) is 0 Å². The number of terminal acetylenes is 1. The third kappa shape index (κ3) is 4.21. The van der Waals surface area contributed by atoms with Gasteiger partial charge in [0.2, 0.25) is 0 Å². The maximum absolute atomic E-state index is 13.3. The summed E-state index contributed by atoms with van der Waals surface area (Å²) in [6.45, 7) is 5.55. The number of fused-ring (bicyclic) bond motifs is 4. The van der Waals surface area contributed by atoms with Crippen LogP contribution in [0.5, 0.6) is 0 Å². The van der Waals surface area contributed by atoms with Gasteiger partial charge in [0.15, 0.2) is 0 Å². The zero-order valence-electron chi connectivity index (χ0n) is 23.4. The molecule has 2 aromatic carbocycles. The van der Waals surface area contributed by atoms with Gasteiger partial charge in [-0.25, -0.2) is 0 Å². The maximum atomic E-state index is 13.3. The second-order valence-electron chi connectivity index (χ2n) is 13.4. The lowest BCUT2D eigenvalue weighted by atomic mass is 9.72. The van der Waals surface area contributed by atoms with Gasteiger partial charge in [-0.15, -0.1) is 6.42 Å². The van der Waals surface area contributed by atoms with E-state index in [4.69, 9.17) is 6.42 Å². The number of para-hydroxylation sites is 1. The van der Waals surface area contributed by atoms with Crippen LogP contribution in [0.2, 0.25) is 0 Å². The summed E-state index contributed by atoms with van der Waals surface area (Å²) in [7, 11) is 0. The highest BCUT2D eigenvalue weighted by atomic mass is 16.2. The smallest absolute Gasteiger partial charge is 0.299 e. The number of unbranched alkanes of at least 4 members (excludes halogenated alkanes) is 1. The Bertz CT molecular complexity index is 1450. The predicted molar refractivity (Wildman–Crippen MR) is 157 cm³/mol. The van der Waals surface area contributed by atoms with Crippen LogP contribution in [0.15, 0.2) is 48.5 Å². The van der Waals surface area contributed by atoms with Crippen LogP contribution in [-0.4, -0.2) is 27.4 Å². The lowest BCUT2D eigenvalue weighted by Crippen LogP contribution is -2.47. The number of aromatic amines is 1. The molecule has 1 aliphatic heterocycles. The molecule has 2 N–H and O–H groups in total. The van der Waals surface area contributed by atoms with E-state index in [1.165, 1.54) is 48.6 Å². The highest BCUT2D eigenvalue weighted by molar-refractivity contribution is 5.94. The van der Waals surface area contributed by atoms with E-state index in [0.717, 1.165) is 60.8 Å². The first-order valence-electron chi connectivity index (χ1n) is 15.1. The molecule has 6 atom stereocenters. The molecule has 4 aliphatic rings. The number of rotatable bonds is 7. The summed E-state index contributed by atoms with van der Waals surface area (Å²) in [5.41, 5.74) is 6.92. The van der Waals surface area contributed by atoms with Gasteiger partial charge >= 0.3 is 0 Å². The lowest BCUT2D eigenvalue weighted by molar-refractivity contribution is -0.130. The minimum atomic E-state index is -0.214. The summed E-state index contributed by atoms with van der Waals surface area (Å²) in [5, 5.41) is 5.23. The molecule has 3 fully saturated rings. The molecular weight excluding hydrogens is 478 g/mol. The highest BCUT2D eigenvalue weighted by Gasteiger charge is 2.64. The van der Waals surface area contributed by atoms with Crippen LogP contribution < -0.4 is 5.32 Å². The number of H-pyrrole nitrogens is 1. The van der Waals surface area contributed by atoms with Crippen molar-refractivity contribution in [2.75, 3.05) is 0 Å². The fourth-order valence-electron chi connectivity index (χ4n) is 9.00. The fraction of sp³-hybridized carbons (Fsp3) is 0.514. The van der Waals surface area contributed by atoms with Crippen LogP contribution in [0.3, 0.4) is 0 Å². The Labute approximate surface area is 232 Å². The first-order chi connectivity index (χ1) is 18.9. The Morgan fingerprint density at radius 1 is 1.15 bits per heavy atom. The molecule has 202 valence electrons. The standard InChI is InChI=1S/C35H41N3O/c1-4-6-9-27-17-29-28-10-7-8-11-30(28)37-32(29)33(38(27)31(39)5-2)25-14-12-23(13-15-25)21-36-34(3)18-24-16-26-20-35(26,19-24)22-34/h2,7-8,10-15,24,26-27,33,36-37H,4,6,9,16-22H2,1,3H3/t24?,26?,27-,33-,34?,35?/m0/s1. The van der Waals surface area contributed by atoms with E-state index in [1.807, 2.05) is 4.90 Å². The number of carbonyl (C=O) groups excluding carboxylic acids is 1. The van der Waals surface area contributed by atoms with Crippen molar-refractivity contribution in [1.82, 2.24) is 15.2 Å². The van der Waals surface area contributed by atoms with Crippen molar-refractivity contribution in [3.63, 3.8) is 0 Å². The Hall–Kier alpha value is -3.03. The molecule has 39 heavy (non-hydrogen) atoms. The molecule has 2 heterocycles. The third-order valence-electron chi connectivity index (χ3n) is 10.6. The average Bonchev–Trinajstić information content (AvgIpc) is 3.30. The van der Waals surface area contributed by atoms with Gasteiger partial charge in [0.05, 0.1) is 6.04 Å². The number of hydrogen-bond donors (Lipinski definition) is 2. The summed E-state index contributed by atoms with van der Waals surface area (Å²) in [5.74, 6) is 4.19. The van der Waals surface area contributed by atoms with E-state index in [9.17, 15) is 4.79 Å². The zero-order chi connectivity index (χ0) is 26.8. The van der Waals surface area contributed by atoms with Gasteiger partial charge < -0.3 is 15.2 Å². The second-order valence-corrected chi connectivity index (χ2v) is 13.4. The summed E-state index contributed by atoms with van der Waals surface area (Å²) in [6.07, 6.45) is 16.8. The van der Waals surface area contributed by atoms with Crippen LogP contribution in [0.4, 0.5) is 0 Å². The minimum absolute atomic E-state index is 0.0961. The lowest BCUT2D eigenvalue weighted by Gasteiger charge is -2.42. The van der Waals surface area contributed by atoms with E-state index in [-0.39, 0.29) is 23.5 Å². The summed E-state index contributed by atoms with van der Waals surface area (Å²) in [6, 6.07) is 17.3. The topological polar surface area (TPSA) is 48.1 Å². The fourth-order valence-corrected chi connectivity index (χ4v) is 9.00. The molecule has 4 heteroatoms. The van der Waals surface area contributed by atoms with Crippen molar-refractivity contribution in [3.8, 4) is 12.3 Å². The van der Waals surface area contributed by atoms with Gasteiger partial charge in [0.1, 0.15) is 0 Å². The summed E-state index contributed by atoms with van der Waals surface area (Å²) in [4.78, 5) is 19.0. The largest absolute Gasteiger partial charge is 0.356 e. The van der Waals surface area contributed by atoms with Crippen molar-refractivity contribution < 1.29 is 4.79 Å². The van der Waals surface area contributed by atoms with E-state index in [2.05, 4.69) is 78.6 Å². The number of hydrogen-bond acceptors (Lipinski definition) is 2.